The van der Waals surface area contributed by atoms with Gasteiger partial charge in [-0.25, -0.2) is 9.97 Å². The number of aromatic nitrogens is 2. The smallest absolute Gasteiger partial charge is 0.137 e. The van der Waals surface area contributed by atoms with Crippen molar-refractivity contribution in [1.82, 2.24) is 9.97 Å². The molecule has 17 heavy (non-hydrogen) atoms. The van der Waals surface area contributed by atoms with E-state index in [0.717, 1.165) is 30.8 Å². The molecular weight excluding hydrogens is 238 g/mol. The molecule has 0 saturated carbocycles. The summed E-state index contributed by atoms with van der Waals surface area (Å²) in [7, 11) is 0. The summed E-state index contributed by atoms with van der Waals surface area (Å²) in [5, 5.41) is 9.99. The normalized spacial score (nSPS) is 21.4. The average molecular weight is 256 g/mol. The molecule has 2 rings (SSSR count). The minimum atomic E-state index is 0.155. The third-order valence-electron chi connectivity index (χ3n) is 3.36. The minimum absolute atomic E-state index is 0.155. The maximum Gasteiger partial charge on any atom is 0.137 e. The molecule has 0 aromatic carbocycles. The van der Waals surface area contributed by atoms with Gasteiger partial charge in [0.15, 0.2) is 0 Å². The molecule has 1 aromatic heterocycles. The van der Waals surface area contributed by atoms with Gasteiger partial charge < -0.3 is 10.0 Å². The number of aliphatic hydroxyl groups excluding tert-OH is 1. The van der Waals surface area contributed by atoms with E-state index >= 15 is 0 Å². The Hall–Kier alpha value is -0.870. The zero-order chi connectivity index (χ0) is 12.3. The van der Waals surface area contributed by atoms with E-state index in [-0.39, 0.29) is 12.6 Å². The molecule has 1 aromatic rings. The topological polar surface area (TPSA) is 49.2 Å². The Morgan fingerprint density at radius 2 is 2.24 bits per heavy atom. The molecule has 1 saturated heterocycles. The van der Waals surface area contributed by atoms with Crippen molar-refractivity contribution < 1.29 is 5.11 Å². The summed E-state index contributed by atoms with van der Waals surface area (Å²) in [4.78, 5) is 10.5. The van der Waals surface area contributed by atoms with Crippen molar-refractivity contribution in [3.63, 3.8) is 0 Å². The van der Waals surface area contributed by atoms with Crippen LogP contribution in [0.1, 0.15) is 31.2 Å². The molecule has 5 heteroatoms. The third kappa shape index (κ3) is 2.69. The summed E-state index contributed by atoms with van der Waals surface area (Å²) >= 11 is 6.02. The molecule has 0 bridgehead atoms. The van der Waals surface area contributed by atoms with Gasteiger partial charge >= 0.3 is 0 Å². The van der Waals surface area contributed by atoms with Gasteiger partial charge in [0.1, 0.15) is 17.3 Å². The first-order valence-corrected chi connectivity index (χ1v) is 6.46. The second-order valence-corrected chi connectivity index (χ2v) is 4.85. The van der Waals surface area contributed by atoms with Crippen LogP contribution in [0.3, 0.4) is 0 Å². The lowest BCUT2D eigenvalue weighted by Crippen LogP contribution is -2.38. The van der Waals surface area contributed by atoms with E-state index < -0.39 is 0 Å². The highest BCUT2D eigenvalue weighted by Gasteiger charge is 2.23. The Kier molecular flexibility index (Phi) is 4.18. The minimum Gasteiger partial charge on any atom is -0.394 e. The number of aliphatic hydroxyl groups is 1. The fraction of sp³-hybridized carbons (Fsp3) is 0.667. The van der Waals surface area contributed by atoms with Crippen LogP contribution in [-0.4, -0.2) is 34.3 Å². The second-order valence-electron chi connectivity index (χ2n) is 4.49. The van der Waals surface area contributed by atoms with Crippen LogP contribution in [0.15, 0.2) is 6.33 Å². The van der Waals surface area contributed by atoms with Crippen molar-refractivity contribution in [1.29, 1.82) is 0 Å². The lowest BCUT2D eigenvalue weighted by atomic mass is 10.1. The standard InChI is InChI=1S/C12H18ClN3O/c1-9-11(13)14-8-15-12(9)16-6-4-2-3-5-10(16)7-17/h8,10,17H,2-7H2,1H3. The Labute approximate surface area is 107 Å². The van der Waals surface area contributed by atoms with Gasteiger partial charge in [-0.3, -0.25) is 0 Å². The fourth-order valence-electron chi connectivity index (χ4n) is 2.36. The summed E-state index contributed by atoms with van der Waals surface area (Å²) in [6, 6.07) is 0.155. The first-order chi connectivity index (χ1) is 8.24. The summed E-state index contributed by atoms with van der Waals surface area (Å²) in [5.74, 6) is 0.867. The second kappa shape index (κ2) is 5.65. The van der Waals surface area contributed by atoms with Crippen LogP contribution in [0.2, 0.25) is 5.15 Å². The van der Waals surface area contributed by atoms with E-state index in [1.165, 1.54) is 19.2 Å². The molecule has 1 atom stereocenters. The van der Waals surface area contributed by atoms with E-state index in [0.29, 0.717) is 5.15 Å². The van der Waals surface area contributed by atoms with Gasteiger partial charge in [-0.2, -0.15) is 0 Å². The molecule has 0 radical (unpaired) electrons. The van der Waals surface area contributed by atoms with Gasteiger partial charge in [0.25, 0.3) is 0 Å². The van der Waals surface area contributed by atoms with Crippen LogP contribution in [0.4, 0.5) is 5.82 Å². The average Bonchev–Trinajstić information content (AvgIpc) is 2.57. The van der Waals surface area contributed by atoms with Crippen molar-refractivity contribution in [2.75, 3.05) is 18.1 Å². The van der Waals surface area contributed by atoms with E-state index in [2.05, 4.69) is 14.9 Å². The molecule has 1 fully saturated rings. The van der Waals surface area contributed by atoms with Crippen molar-refractivity contribution in [3.8, 4) is 0 Å². The number of rotatable bonds is 2. The summed E-state index contributed by atoms with van der Waals surface area (Å²) in [6.07, 6.45) is 6.02. The molecule has 4 nitrogen and oxygen atoms in total. The predicted molar refractivity (Wildman–Crippen MR) is 68.5 cm³/mol. The van der Waals surface area contributed by atoms with Gasteiger partial charge in [-0.1, -0.05) is 24.4 Å². The largest absolute Gasteiger partial charge is 0.394 e. The zero-order valence-electron chi connectivity index (χ0n) is 10.1. The number of halogens is 1. The maximum atomic E-state index is 9.49. The van der Waals surface area contributed by atoms with Gasteiger partial charge in [0.2, 0.25) is 0 Å². The van der Waals surface area contributed by atoms with E-state index in [1.54, 1.807) is 0 Å². The molecule has 1 N–H and O–H groups in total. The maximum absolute atomic E-state index is 9.49. The van der Waals surface area contributed by atoms with E-state index in [1.807, 2.05) is 6.92 Å². The Morgan fingerprint density at radius 3 is 3.00 bits per heavy atom. The van der Waals surface area contributed by atoms with Crippen LogP contribution in [0.25, 0.3) is 0 Å². The number of hydrogen-bond acceptors (Lipinski definition) is 4. The van der Waals surface area contributed by atoms with Gasteiger partial charge in [0.05, 0.1) is 12.6 Å². The van der Waals surface area contributed by atoms with Crippen LogP contribution < -0.4 is 4.90 Å². The van der Waals surface area contributed by atoms with Gasteiger partial charge in [-0.05, 0) is 19.8 Å². The molecule has 1 aliphatic rings. The Bertz CT molecular complexity index is 386. The SMILES string of the molecule is Cc1c(Cl)ncnc1N1CCCCCC1CO. The van der Waals surface area contributed by atoms with Crippen LogP contribution >= 0.6 is 11.6 Å². The Balaban J connectivity index is 2.31. The van der Waals surface area contributed by atoms with Crippen molar-refractivity contribution in [2.45, 2.75) is 38.6 Å². The quantitative estimate of drug-likeness (QED) is 0.823. The van der Waals surface area contributed by atoms with E-state index in [4.69, 9.17) is 11.6 Å². The first kappa shape index (κ1) is 12.6. The lowest BCUT2D eigenvalue weighted by molar-refractivity contribution is 0.254. The molecule has 1 unspecified atom stereocenters. The molecule has 0 spiro atoms. The first-order valence-electron chi connectivity index (χ1n) is 6.08. The molecule has 2 heterocycles. The molecule has 94 valence electrons. The highest BCUT2D eigenvalue weighted by Crippen LogP contribution is 2.27. The number of anilines is 1. The van der Waals surface area contributed by atoms with Crippen molar-refractivity contribution >= 4 is 17.4 Å². The monoisotopic (exact) mass is 255 g/mol. The van der Waals surface area contributed by atoms with Crippen LogP contribution in [0.5, 0.6) is 0 Å². The lowest BCUT2D eigenvalue weighted by Gasteiger charge is -2.30. The van der Waals surface area contributed by atoms with Gasteiger partial charge in [0, 0.05) is 12.1 Å². The molecule has 0 amide bonds. The fourth-order valence-corrected chi connectivity index (χ4v) is 2.48. The number of hydrogen-bond donors (Lipinski definition) is 1. The third-order valence-corrected chi connectivity index (χ3v) is 3.74. The number of nitrogens with zero attached hydrogens (tertiary/aromatic N) is 3. The van der Waals surface area contributed by atoms with Crippen molar-refractivity contribution in [2.24, 2.45) is 0 Å². The summed E-state index contributed by atoms with van der Waals surface area (Å²) in [5.41, 5.74) is 0.898. The molecular formula is C12H18ClN3O. The predicted octanol–water partition coefficient (Wildman–Crippen LogP) is 2.18. The molecule has 0 aliphatic carbocycles. The van der Waals surface area contributed by atoms with Gasteiger partial charge in [-0.15, -0.1) is 0 Å². The zero-order valence-corrected chi connectivity index (χ0v) is 10.8. The Morgan fingerprint density at radius 1 is 1.41 bits per heavy atom. The highest BCUT2D eigenvalue weighted by molar-refractivity contribution is 6.30. The summed E-state index contributed by atoms with van der Waals surface area (Å²) < 4.78 is 0. The summed E-state index contributed by atoms with van der Waals surface area (Å²) in [6.45, 7) is 3.03. The van der Waals surface area contributed by atoms with Crippen LogP contribution in [0, 0.1) is 6.92 Å². The molecule has 1 aliphatic heterocycles. The van der Waals surface area contributed by atoms with Crippen LogP contribution in [-0.2, 0) is 0 Å². The highest BCUT2D eigenvalue weighted by atomic mass is 35.5. The van der Waals surface area contributed by atoms with Crippen molar-refractivity contribution in [3.05, 3.63) is 17.0 Å². The van der Waals surface area contributed by atoms with E-state index in [9.17, 15) is 5.11 Å².